The lowest BCUT2D eigenvalue weighted by Crippen LogP contribution is -1.94. The van der Waals surface area contributed by atoms with Crippen LogP contribution in [-0.2, 0) is 6.42 Å². The number of rotatable bonds is 3. The Bertz CT molecular complexity index is 470. The molecule has 1 atom stereocenters. The molecule has 1 unspecified atom stereocenters. The Hall–Kier alpha value is -0.380. The van der Waals surface area contributed by atoms with E-state index in [1.165, 1.54) is 10.9 Å². The highest BCUT2D eigenvalue weighted by atomic mass is 79.9. The maximum Gasteiger partial charge on any atom is 0.141 e. The normalized spacial score (nSPS) is 12.7. The molecule has 84 valence electrons. The van der Waals surface area contributed by atoms with Gasteiger partial charge >= 0.3 is 0 Å². The first-order valence-corrected chi connectivity index (χ1v) is 6.95. The molecule has 0 saturated carbocycles. The fourth-order valence-corrected chi connectivity index (χ4v) is 3.22. The maximum atomic E-state index is 13.0. The summed E-state index contributed by atoms with van der Waals surface area (Å²) >= 11 is 11.1. The van der Waals surface area contributed by atoms with Crippen molar-refractivity contribution in [2.24, 2.45) is 0 Å². The van der Waals surface area contributed by atoms with Crippen LogP contribution in [-0.4, -0.2) is 0 Å². The zero-order valence-electron chi connectivity index (χ0n) is 8.29. The molecule has 1 heterocycles. The first-order valence-electron chi connectivity index (χ1n) is 4.78. The van der Waals surface area contributed by atoms with Crippen LogP contribution in [0.5, 0.6) is 0 Å². The minimum Gasteiger partial charge on any atom is -0.205 e. The van der Waals surface area contributed by atoms with Gasteiger partial charge in [0.15, 0.2) is 0 Å². The molecule has 1 aromatic heterocycles. The zero-order chi connectivity index (χ0) is 11.5. The van der Waals surface area contributed by atoms with Gasteiger partial charge in [-0.05, 0) is 35.6 Å². The molecule has 0 fully saturated rings. The van der Waals surface area contributed by atoms with Crippen LogP contribution in [0.25, 0.3) is 0 Å². The van der Waals surface area contributed by atoms with E-state index in [1.54, 1.807) is 23.5 Å². The van der Waals surface area contributed by atoms with Gasteiger partial charge in [-0.25, -0.2) is 4.39 Å². The molecular formula is C12H9BrClFS. The van der Waals surface area contributed by atoms with Crippen LogP contribution < -0.4 is 0 Å². The first-order chi connectivity index (χ1) is 7.66. The molecule has 0 aliphatic heterocycles. The summed E-state index contributed by atoms with van der Waals surface area (Å²) in [5.41, 5.74) is 1.000. The summed E-state index contributed by atoms with van der Waals surface area (Å²) < 4.78 is 13.0. The van der Waals surface area contributed by atoms with Crippen LogP contribution in [0.4, 0.5) is 4.39 Å². The van der Waals surface area contributed by atoms with E-state index in [0.717, 1.165) is 12.0 Å². The predicted molar refractivity (Wildman–Crippen MR) is 71.1 cm³/mol. The number of thiophene rings is 1. The van der Waals surface area contributed by atoms with Crippen LogP contribution in [0.3, 0.4) is 0 Å². The monoisotopic (exact) mass is 318 g/mol. The molecule has 2 rings (SSSR count). The highest BCUT2D eigenvalue weighted by Crippen LogP contribution is 2.30. The predicted octanol–water partition coefficient (Wildman–Crippen LogP) is 5.22. The molecule has 0 bridgehead atoms. The molecule has 0 nitrogen and oxygen atoms in total. The maximum absolute atomic E-state index is 13.0. The van der Waals surface area contributed by atoms with E-state index >= 15 is 0 Å². The molecule has 1 aromatic carbocycles. The van der Waals surface area contributed by atoms with Crippen molar-refractivity contribution in [1.29, 1.82) is 0 Å². The summed E-state index contributed by atoms with van der Waals surface area (Å²) in [5.74, 6) is -0.374. The molecule has 0 spiro atoms. The summed E-state index contributed by atoms with van der Waals surface area (Å²) in [6.07, 6.45) is 0.889. The molecule has 0 aliphatic rings. The largest absolute Gasteiger partial charge is 0.205 e. The summed E-state index contributed by atoms with van der Waals surface area (Å²) in [6, 6.07) is 8.94. The van der Waals surface area contributed by atoms with Crippen LogP contribution in [0.1, 0.15) is 15.3 Å². The average Bonchev–Trinajstić information content (AvgIpc) is 2.74. The highest BCUT2D eigenvalue weighted by Gasteiger charge is 2.11. The quantitative estimate of drug-likeness (QED) is 0.680. The molecule has 2 aromatic rings. The van der Waals surface area contributed by atoms with Crippen LogP contribution in [0.15, 0.2) is 35.7 Å². The van der Waals surface area contributed by atoms with Crippen molar-refractivity contribution in [2.75, 3.05) is 0 Å². The second-order valence-corrected chi connectivity index (χ2v) is 5.97. The second kappa shape index (κ2) is 5.30. The van der Waals surface area contributed by atoms with Gasteiger partial charge in [-0.15, -0.1) is 11.3 Å². The fourth-order valence-electron chi connectivity index (χ4n) is 1.43. The first kappa shape index (κ1) is 12.1. The zero-order valence-corrected chi connectivity index (χ0v) is 11.4. The third-order valence-electron chi connectivity index (χ3n) is 2.27. The van der Waals surface area contributed by atoms with Crippen molar-refractivity contribution < 1.29 is 4.39 Å². The molecule has 0 N–H and O–H groups in total. The van der Waals surface area contributed by atoms with Gasteiger partial charge in [0, 0.05) is 9.70 Å². The highest BCUT2D eigenvalue weighted by molar-refractivity contribution is 9.09. The number of hydrogen-bond donors (Lipinski definition) is 0. The molecule has 16 heavy (non-hydrogen) atoms. The smallest absolute Gasteiger partial charge is 0.141 e. The Morgan fingerprint density at radius 2 is 2.19 bits per heavy atom. The van der Waals surface area contributed by atoms with Gasteiger partial charge in [-0.3, -0.25) is 0 Å². The minimum absolute atomic E-state index is 0.171. The van der Waals surface area contributed by atoms with Crippen molar-refractivity contribution in [1.82, 2.24) is 0 Å². The Labute approximate surface area is 111 Å². The number of hydrogen-bond acceptors (Lipinski definition) is 1. The lowest BCUT2D eigenvalue weighted by Gasteiger charge is -2.09. The minimum atomic E-state index is -0.374. The number of benzene rings is 1. The second-order valence-electron chi connectivity index (χ2n) is 3.42. The summed E-state index contributed by atoms with van der Waals surface area (Å²) in [6.45, 7) is 0. The third-order valence-corrected chi connectivity index (χ3v) is 4.31. The summed E-state index contributed by atoms with van der Waals surface area (Å²) in [4.78, 5) is 1.46. The van der Waals surface area contributed by atoms with E-state index in [1.807, 2.05) is 11.4 Å². The van der Waals surface area contributed by atoms with E-state index in [0.29, 0.717) is 0 Å². The molecule has 0 radical (unpaired) electrons. The molecule has 4 heteroatoms. The van der Waals surface area contributed by atoms with E-state index in [4.69, 9.17) is 11.6 Å². The van der Waals surface area contributed by atoms with E-state index in [2.05, 4.69) is 22.0 Å². The van der Waals surface area contributed by atoms with Crippen molar-refractivity contribution in [3.05, 3.63) is 57.0 Å². The molecule has 0 aliphatic carbocycles. The van der Waals surface area contributed by atoms with Crippen LogP contribution >= 0.6 is 38.9 Å². The Morgan fingerprint density at radius 3 is 2.81 bits per heavy atom. The molecular weight excluding hydrogens is 311 g/mol. The lowest BCUT2D eigenvalue weighted by molar-refractivity contribution is 0.627. The standard InChI is InChI=1S/C12H9BrClFS/c13-10(7-9-2-1-5-16-9)8-3-4-12(15)11(14)6-8/h1-6,10H,7H2. The van der Waals surface area contributed by atoms with Crippen molar-refractivity contribution in [3.63, 3.8) is 0 Å². The lowest BCUT2D eigenvalue weighted by atomic mass is 10.1. The summed E-state index contributed by atoms with van der Waals surface area (Å²) in [7, 11) is 0. The van der Waals surface area contributed by atoms with Gasteiger partial charge < -0.3 is 0 Å². The van der Waals surface area contributed by atoms with Crippen molar-refractivity contribution >= 4 is 38.9 Å². The van der Waals surface area contributed by atoms with Gasteiger partial charge in [0.2, 0.25) is 0 Å². The van der Waals surface area contributed by atoms with Gasteiger partial charge in [0.05, 0.1) is 5.02 Å². The fraction of sp³-hybridized carbons (Fsp3) is 0.167. The average molecular weight is 320 g/mol. The van der Waals surface area contributed by atoms with E-state index in [9.17, 15) is 4.39 Å². The van der Waals surface area contributed by atoms with Gasteiger partial charge in [0.1, 0.15) is 5.82 Å². The van der Waals surface area contributed by atoms with Gasteiger partial charge in [-0.2, -0.15) is 0 Å². The van der Waals surface area contributed by atoms with Crippen molar-refractivity contribution in [3.8, 4) is 0 Å². The Balaban J connectivity index is 2.14. The van der Waals surface area contributed by atoms with E-state index < -0.39 is 0 Å². The van der Waals surface area contributed by atoms with E-state index in [-0.39, 0.29) is 15.7 Å². The topological polar surface area (TPSA) is 0 Å². The van der Waals surface area contributed by atoms with Gasteiger partial charge in [0.25, 0.3) is 0 Å². The summed E-state index contributed by atoms with van der Waals surface area (Å²) in [5, 5.41) is 2.22. The Morgan fingerprint density at radius 1 is 1.38 bits per heavy atom. The molecule has 0 amide bonds. The van der Waals surface area contributed by atoms with Crippen LogP contribution in [0, 0.1) is 5.82 Å². The number of alkyl halides is 1. The van der Waals surface area contributed by atoms with Crippen LogP contribution in [0.2, 0.25) is 5.02 Å². The number of halogens is 3. The SMILES string of the molecule is Fc1ccc(C(Br)Cc2cccs2)cc1Cl. The molecule has 0 saturated heterocycles. The van der Waals surface area contributed by atoms with Gasteiger partial charge in [-0.1, -0.05) is 39.7 Å². The van der Waals surface area contributed by atoms with Crippen molar-refractivity contribution in [2.45, 2.75) is 11.2 Å². The third kappa shape index (κ3) is 2.84. The Kier molecular flexibility index (Phi) is 4.00.